The summed E-state index contributed by atoms with van der Waals surface area (Å²) in [7, 11) is 0. The number of amides is 1. The molecule has 0 atom stereocenters. The zero-order valence-corrected chi connectivity index (χ0v) is 21.1. The van der Waals surface area contributed by atoms with Gasteiger partial charge in [0, 0.05) is 36.8 Å². The van der Waals surface area contributed by atoms with Gasteiger partial charge in [0.05, 0.1) is 23.1 Å². The van der Waals surface area contributed by atoms with Gasteiger partial charge in [-0.25, -0.2) is 9.78 Å². The molecule has 3 heterocycles. The second-order valence-corrected chi connectivity index (χ2v) is 9.27. The predicted molar refractivity (Wildman–Crippen MR) is 146 cm³/mol. The highest BCUT2D eigenvalue weighted by Gasteiger charge is 2.15. The number of benzene rings is 2. The first-order valence-electron chi connectivity index (χ1n) is 12.1. The Kier molecular flexibility index (Phi) is 7.19. The summed E-state index contributed by atoms with van der Waals surface area (Å²) in [5.74, 6) is -0.269. The van der Waals surface area contributed by atoms with Crippen molar-refractivity contribution in [3.8, 4) is 0 Å². The summed E-state index contributed by atoms with van der Waals surface area (Å²) in [6, 6.07) is 20.7. The number of carbonyl (C=O) groups excluding carboxylic acids is 1. The number of hydrogen-bond acceptors (Lipinski definition) is 5. The third-order valence-electron chi connectivity index (χ3n) is 6.29. The molecule has 0 aliphatic rings. The summed E-state index contributed by atoms with van der Waals surface area (Å²) in [5, 5.41) is 3.81. The highest BCUT2D eigenvalue weighted by Crippen LogP contribution is 2.11. The lowest BCUT2D eigenvalue weighted by Crippen LogP contribution is -2.41. The van der Waals surface area contributed by atoms with E-state index in [1.165, 1.54) is 15.0 Å². The SMILES string of the molecule is O=C(CCn1c(=O)c2ccccc2n(Cc2cc(=O)n3ccccc3n2)c1=O)NCCc1ccc(Cl)cc1. The average molecular weight is 530 g/mol. The van der Waals surface area contributed by atoms with Crippen LogP contribution in [-0.2, 0) is 24.3 Å². The van der Waals surface area contributed by atoms with Crippen molar-refractivity contribution in [2.45, 2.75) is 25.9 Å². The van der Waals surface area contributed by atoms with Crippen molar-refractivity contribution >= 4 is 34.1 Å². The number of nitrogens with one attached hydrogen (secondary N) is 1. The molecule has 2 aromatic carbocycles. The lowest BCUT2D eigenvalue weighted by atomic mass is 10.1. The minimum Gasteiger partial charge on any atom is -0.356 e. The minimum absolute atomic E-state index is 0.00640. The molecular weight excluding hydrogens is 506 g/mol. The monoisotopic (exact) mass is 529 g/mol. The van der Waals surface area contributed by atoms with Crippen molar-refractivity contribution in [2.75, 3.05) is 6.54 Å². The Bertz CT molecular complexity index is 1820. The van der Waals surface area contributed by atoms with E-state index < -0.39 is 11.2 Å². The third-order valence-corrected chi connectivity index (χ3v) is 6.54. The fourth-order valence-electron chi connectivity index (χ4n) is 4.37. The van der Waals surface area contributed by atoms with Crippen LogP contribution >= 0.6 is 11.6 Å². The Hall–Kier alpha value is -4.50. The van der Waals surface area contributed by atoms with Gasteiger partial charge in [0.15, 0.2) is 0 Å². The highest BCUT2D eigenvalue weighted by atomic mass is 35.5. The van der Waals surface area contributed by atoms with Gasteiger partial charge >= 0.3 is 5.69 Å². The van der Waals surface area contributed by atoms with E-state index >= 15 is 0 Å². The van der Waals surface area contributed by atoms with Crippen LogP contribution in [0.4, 0.5) is 0 Å². The maximum atomic E-state index is 13.5. The minimum atomic E-state index is -0.572. The second kappa shape index (κ2) is 10.9. The van der Waals surface area contributed by atoms with Gasteiger partial charge in [-0.3, -0.25) is 27.9 Å². The van der Waals surface area contributed by atoms with E-state index in [0.29, 0.717) is 40.2 Å². The fraction of sp³-hybridized carbons (Fsp3) is 0.179. The molecule has 10 heteroatoms. The van der Waals surface area contributed by atoms with Gasteiger partial charge in [0.1, 0.15) is 5.65 Å². The summed E-state index contributed by atoms with van der Waals surface area (Å²) >= 11 is 5.90. The summed E-state index contributed by atoms with van der Waals surface area (Å²) in [6.45, 7) is 0.330. The van der Waals surface area contributed by atoms with Crippen molar-refractivity contribution in [1.29, 1.82) is 0 Å². The zero-order chi connectivity index (χ0) is 26.6. The van der Waals surface area contributed by atoms with E-state index in [1.54, 1.807) is 60.8 Å². The quantitative estimate of drug-likeness (QED) is 0.332. The van der Waals surface area contributed by atoms with Crippen LogP contribution < -0.4 is 22.1 Å². The Morgan fingerprint density at radius 2 is 1.68 bits per heavy atom. The molecule has 1 amide bonds. The molecule has 0 aliphatic heterocycles. The van der Waals surface area contributed by atoms with Crippen LogP contribution in [0.2, 0.25) is 5.02 Å². The fourth-order valence-corrected chi connectivity index (χ4v) is 4.49. The molecule has 5 aromatic rings. The summed E-state index contributed by atoms with van der Waals surface area (Å²) in [5.41, 5.74) is 0.993. The number of aromatic nitrogens is 4. The van der Waals surface area contributed by atoms with Crippen LogP contribution in [0.15, 0.2) is 93.4 Å². The first-order chi connectivity index (χ1) is 18.4. The normalized spacial score (nSPS) is 11.2. The average Bonchev–Trinajstić information content (AvgIpc) is 2.92. The molecule has 0 bridgehead atoms. The van der Waals surface area contributed by atoms with E-state index in [0.717, 1.165) is 10.1 Å². The van der Waals surface area contributed by atoms with Gasteiger partial charge in [-0.2, -0.15) is 0 Å². The van der Waals surface area contributed by atoms with Crippen molar-refractivity contribution in [3.63, 3.8) is 0 Å². The van der Waals surface area contributed by atoms with Crippen LogP contribution in [0.5, 0.6) is 0 Å². The maximum absolute atomic E-state index is 13.5. The number of hydrogen-bond donors (Lipinski definition) is 1. The van der Waals surface area contributed by atoms with Gasteiger partial charge in [-0.05, 0) is 48.4 Å². The molecule has 3 aromatic heterocycles. The lowest BCUT2D eigenvalue weighted by Gasteiger charge is -2.14. The van der Waals surface area contributed by atoms with Crippen molar-refractivity contribution < 1.29 is 4.79 Å². The van der Waals surface area contributed by atoms with Crippen LogP contribution in [-0.4, -0.2) is 31.0 Å². The Balaban J connectivity index is 1.38. The molecule has 192 valence electrons. The van der Waals surface area contributed by atoms with Crippen molar-refractivity contribution in [3.05, 3.63) is 126 Å². The topological polar surface area (TPSA) is 107 Å². The zero-order valence-electron chi connectivity index (χ0n) is 20.3. The molecular formula is C28H24ClN5O4. The van der Waals surface area contributed by atoms with E-state index in [-0.39, 0.29) is 31.0 Å². The molecule has 1 N–H and O–H groups in total. The summed E-state index contributed by atoms with van der Waals surface area (Å²) < 4.78 is 3.89. The molecule has 38 heavy (non-hydrogen) atoms. The molecule has 0 unspecified atom stereocenters. The lowest BCUT2D eigenvalue weighted by molar-refractivity contribution is -0.121. The number of carbonyl (C=O) groups is 1. The number of fused-ring (bicyclic) bond motifs is 2. The number of halogens is 1. The standard InChI is InChI=1S/C28H24ClN5O4/c29-20-10-8-19(9-11-20)12-14-30-25(35)13-16-33-27(37)22-5-1-2-6-23(22)34(28(33)38)18-21-17-26(36)32-15-4-3-7-24(32)31-21/h1-11,15,17H,12-14,16,18H2,(H,30,35). The molecule has 9 nitrogen and oxygen atoms in total. The number of pyridine rings is 1. The molecule has 5 rings (SSSR count). The smallest absolute Gasteiger partial charge is 0.331 e. The largest absolute Gasteiger partial charge is 0.356 e. The molecule has 0 saturated carbocycles. The van der Waals surface area contributed by atoms with Crippen LogP contribution in [0.1, 0.15) is 17.7 Å². The van der Waals surface area contributed by atoms with Gasteiger partial charge in [0.25, 0.3) is 11.1 Å². The number of para-hydroxylation sites is 1. The van der Waals surface area contributed by atoms with Gasteiger partial charge in [-0.1, -0.05) is 41.9 Å². The van der Waals surface area contributed by atoms with Gasteiger partial charge < -0.3 is 5.32 Å². The van der Waals surface area contributed by atoms with Gasteiger partial charge in [0.2, 0.25) is 5.91 Å². The van der Waals surface area contributed by atoms with Crippen molar-refractivity contribution in [2.24, 2.45) is 0 Å². The third kappa shape index (κ3) is 5.28. The Labute approximate surface area is 221 Å². The summed E-state index contributed by atoms with van der Waals surface area (Å²) in [6.07, 6.45) is 2.21. The van der Waals surface area contributed by atoms with Crippen LogP contribution in [0, 0.1) is 0 Å². The maximum Gasteiger partial charge on any atom is 0.331 e. The van der Waals surface area contributed by atoms with Crippen LogP contribution in [0.3, 0.4) is 0 Å². The van der Waals surface area contributed by atoms with E-state index in [2.05, 4.69) is 10.3 Å². The van der Waals surface area contributed by atoms with E-state index in [4.69, 9.17) is 11.6 Å². The number of rotatable bonds is 8. The number of nitrogens with zero attached hydrogens (tertiary/aromatic N) is 4. The van der Waals surface area contributed by atoms with E-state index in [9.17, 15) is 19.2 Å². The van der Waals surface area contributed by atoms with Crippen LogP contribution in [0.25, 0.3) is 16.6 Å². The Morgan fingerprint density at radius 3 is 2.50 bits per heavy atom. The molecule has 0 fully saturated rings. The molecule has 0 radical (unpaired) electrons. The molecule has 0 spiro atoms. The molecule has 0 saturated heterocycles. The predicted octanol–water partition coefficient (Wildman–Crippen LogP) is 2.62. The van der Waals surface area contributed by atoms with Gasteiger partial charge in [-0.15, -0.1) is 0 Å². The highest BCUT2D eigenvalue weighted by molar-refractivity contribution is 6.30. The Morgan fingerprint density at radius 1 is 0.921 bits per heavy atom. The first-order valence-corrected chi connectivity index (χ1v) is 12.5. The summed E-state index contributed by atoms with van der Waals surface area (Å²) in [4.78, 5) is 56.2. The van der Waals surface area contributed by atoms with E-state index in [1.807, 2.05) is 12.1 Å². The second-order valence-electron chi connectivity index (χ2n) is 8.83. The van der Waals surface area contributed by atoms with Crippen molar-refractivity contribution in [1.82, 2.24) is 23.8 Å². The molecule has 0 aliphatic carbocycles. The first kappa shape index (κ1) is 25.2.